The first kappa shape index (κ1) is 14.6. The Bertz CT molecular complexity index is 782. The van der Waals surface area contributed by atoms with Crippen LogP contribution < -0.4 is 4.74 Å². The molecule has 112 valence electrons. The van der Waals surface area contributed by atoms with Crippen molar-refractivity contribution in [2.45, 2.75) is 6.61 Å². The van der Waals surface area contributed by atoms with E-state index in [1.54, 1.807) is 17.9 Å². The van der Waals surface area contributed by atoms with Gasteiger partial charge >= 0.3 is 0 Å². The second-order valence-electron chi connectivity index (χ2n) is 4.78. The summed E-state index contributed by atoms with van der Waals surface area (Å²) in [6, 6.07) is 16.9. The van der Waals surface area contributed by atoms with Crippen molar-refractivity contribution in [3.63, 3.8) is 0 Å². The van der Waals surface area contributed by atoms with Crippen LogP contribution in [0.25, 0.3) is 16.9 Å². The Hall–Kier alpha value is -2.30. The summed E-state index contributed by atoms with van der Waals surface area (Å²) in [6.45, 7) is -0.0652. The fourth-order valence-corrected chi connectivity index (χ4v) is 2.51. The van der Waals surface area contributed by atoms with Crippen LogP contribution in [0.5, 0.6) is 5.75 Å². The molecule has 0 atom stereocenters. The molecule has 2 aromatic carbocycles. The van der Waals surface area contributed by atoms with Crippen molar-refractivity contribution in [3.05, 3.63) is 65.3 Å². The van der Waals surface area contributed by atoms with E-state index in [1.807, 2.05) is 48.5 Å². The molecule has 5 heteroatoms. The van der Waals surface area contributed by atoms with E-state index in [0.29, 0.717) is 5.15 Å². The van der Waals surface area contributed by atoms with E-state index in [-0.39, 0.29) is 6.61 Å². The Morgan fingerprint density at radius 2 is 1.86 bits per heavy atom. The normalized spacial score (nSPS) is 10.7. The molecule has 0 unspecified atom stereocenters. The number of benzene rings is 2. The van der Waals surface area contributed by atoms with Crippen LogP contribution in [-0.2, 0) is 6.61 Å². The van der Waals surface area contributed by atoms with Gasteiger partial charge in [0.15, 0.2) is 0 Å². The molecule has 0 fully saturated rings. The number of rotatable bonds is 4. The smallest absolute Gasteiger partial charge is 0.133 e. The highest BCUT2D eigenvalue weighted by Gasteiger charge is 2.12. The van der Waals surface area contributed by atoms with Crippen molar-refractivity contribution in [3.8, 4) is 22.7 Å². The Labute approximate surface area is 133 Å². The predicted molar refractivity (Wildman–Crippen MR) is 86.5 cm³/mol. The maximum Gasteiger partial charge on any atom is 0.133 e. The van der Waals surface area contributed by atoms with Crippen LogP contribution in [-0.4, -0.2) is 22.0 Å². The molecule has 0 spiro atoms. The number of nitrogens with zero attached hydrogens (tertiary/aromatic N) is 2. The maximum absolute atomic E-state index is 9.45. The van der Waals surface area contributed by atoms with Gasteiger partial charge in [-0.15, -0.1) is 0 Å². The molecular weight excluding hydrogens is 300 g/mol. The molecule has 3 aromatic rings. The van der Waals surface area contributed by atoms with Crippen molar-refractivity contribution < 1.29 is 9.84 Å². The fraction of sp³-hybridized carbons (Fsp3) is 0.118. The topological polar surface area (TPSA) is 47.3 Å². The number of methoxy groups -OCH3 is 1. The maximum atomic E-state index is 9.45. The van der Waals surface area contributed by atoms with E-state index in [9.17, 15) is 5.11 Å². The number of halogens is 1. The van der Waals surface area contributed by atoms with Crippen molar-refractivity contribution in [1.29, 1.82) is 0 Å². The fourth-order valence-electron chi connectivity index (χ4n) is 2.28. The average Bonchev–Trinajstić information content (AvgIpc) is 2.96. The molecule has 4 nitrogen and oxygen atoms in total. The lowest BCUT2D eigenvalue weighted by Gasteiger charge is -2.08. The van der Waals surface area contributed by atoms with Crippen LogP contribution in [0.4, 0.5) is 0 Å². The summed E-state index contributed by atoms with van der Waals surface area (Å²) >= 11 is 6.31. The minimum Gasteiger partial charge on any atom is -0.497 e. The number of aliphatic hydroxyl groups is 1. The second-order valence-corrected chi connectivity index (χ2v) is 5.17. The third-order valence-electron chi connectivity index (χ3n) is 3.44. The molecule has 3 rings (SSSR count). The van der Waals surface area contributed by atoms with Gasteiger partial charge in [-0.2, -0.15) is 5.10 Å². The summed E-state index contributed by atoms with van der Waals surface area (Å²) in [4.78, 5) is 0. The molecule has 0 saturated carbocycles. The number of para-hydroxylation sites is 1. The van der Waals surface area contributed by atoms with Crippen molar-refractivity contribution in [1.82, 2.24) is 9.78 Å². The van der Waals surface area contributed by atoms with Gasteiger partial charge in [-0.3, -0.25) is 0 Å². The lowest BCUT2D eigenvalue weighted by molar-refractivity contribution is 0.281. The van der Waals surface area contributed by atoms with Crippen LogP contribution in [0.15, 0.2) is 54.6 Å². The predicted octanol–water partition coefficient (Wildman–Crippen LogP) is 3.69. The molecule has 0 aliphatic carbocycles. The Morgan fingerprint density at radius 3 is 2.55 bits per heavy atom. The van der Waals surface area contributed by atoms with Crippen molar-refractivity contribution in [2.75, 3.05) is 7.11 Å². The molecule has 1 heterocycles. The van der Waals surface area contributed by atoms with E-state index >= 15 is 0 Å². The summed E-state index contributed by atoms with van der Waals surface area (Å²) < 4.78 is 6.79. The number of hydrogen-bond donors (Lipinski definition) is 1. The molecule has 22 heavy (non-hydrogen) atoms. The van der Waals surface area contributed by atoms with Gasteiger partial charge in [0.2, 0.25) is 0 Å². The minimum atomic E-state index is -0.0652. The van der Waals surface area contributed by atoms with Gasteiger partial charge in [-0.25, -0.2) is 4.68 Å². The molecule has 1 N–H and O–H groups in total. The molecule has 1 aromatic heterocycles. The van der Waals surface area contributed by atoms with Crippen molar-refractivity contribution in [2.24, 2.45) is 0 Å². The van der Waals surface area contributed by atoms with Crippen LogP contribution in [0.2, 0.25) is 5.15 Å². The van der Waals surface area contributed by atoms with Crippen LogP contribution in [0.1, 0.15) is 5.56 Å². The summed E-state index contributed by atoms with van der Waals surface area (Å²) in [5.74, 6) is 0.792. The largest absolute Gasteiger partial charge is 0.497 e. The highest BCUT2D eigenvalue weighted by Crippen LogP contribution is 2.27. The first-order valence-electron chi connectivity index (χ1n) is 6.82. The first-order chi connectivity index (χ1) is 10.7. The molecule has 0 amide bonds. The first-order valence-corrected chi connectivity index (χ1v) is 7.20. The van der Waals surface area contributed by atoms with Gasteiger partial charge < -0.3 is 9.84 Å². The zero-order valence-electron chi connectivity index (χ0n) is 12.0. The molecule has 0 aliphatic rings. The Kier molecular flexibility index (Phi) is 4.13. The van der Waals surface area contributed by atoms with E-state index in [0.717, 1.165) is 28.3 Å². The third-order valence-corrected chi connectivity index (χ3v) is 3.71. The van der Waals surface area contributed by atoms with Gasteiger partial charge in [0.05, 0.1) is 25.1 Å². The van der Waals surface area contributed by atoms with Crippen molar-refractivity contribution >= 4 is 11.6 Å². The summed E-state index contributed by atoms with van der Waals surface area (Å²) in [6.07, 6.45) is 0. The number of ether oxygens (including phenoxy) is 1. The number of aliphatic hydroxyl groups excluding tert-OH is 1. The highest BCUT2D eigenvalue weighted by molar-refractivity contribution is 6.30. The monoisotopic (exact) mass is 314 g/mol. The summed E-state index contributed by atoms with van der Waals surface area (Å²) in [5.41, 5.74) is 3.26. The number of aromatic nitrogens is 2. The molecular formula is C17H15ClN2O2. The zero-order chi connectivity index (χ0) is 15.5. The van der Waals surface area contributed by atoms with Crippen LogP contribution >= 0.6 is 11.6 Å². The quantitative estimate of drug-likeness (QED) is 0.799. The third kappa shape index (κ3) is 2.71. The molecule has 0 radical (unpaired) electrons. The Balaban J connectivity index is 2.03. The zero-order valence-corrected chi connectivity index (χ0v) is 12.8. The van der Waals surface area contributed by atoms with Gasteiger partial charge in [0.25, 0.3) is 0 Å². The van der Waals surface area contributed by atoms with Gasteiger partial charge in [-0.05, 0) is 30.3 Å². The summed E-state index contributed by atoms with van der Waals surface area (Å²) in [7, 11) is 1.63. The van der Waals surface area contributed by atoms with E-state index in [4.69, 9.17) is 16.3 Å². The standard InChI is InChI=1S/C17H15ClN2O2/c1-22-14-8-6-12(7-9-14)15-10-17(18)20(19-15)16-5-3-2-4-13(16)11-21/h2-10,21H,11H2,1H3. The minimum absolute atomic E-state index is 0.0652. The van der Waals surface area contributed by atoms with Crippen LogP contribution in [0.3, 0.4) is 0 Å². The van der Waals surface area contributed by atoms with Gasteiger partial charge in [0.1, 0.15) is 10.9 Å². The lowest BCUT2D eigenvalue weighted by Crippen LogP contribution is -2.01. The SMILES string of the molecule is COc1ccc(-c2cc(Cl)n(-c3ccccc3CO)n2)cc1. The van der Waals surface area contributed by atoms with E-state index in [1.165, 1.54) is 0 Å². The highest BCUT2D eigenvalue weighted by atomic mass is 35.5. The molecule has 0 bridgehead atoms. The van der Waals surface area contributed by atoms with Crippen LogP contribution in [0, 0.1) is 0 Å². The lowest BCUT2D eigenvalue weighted by atomic mass is 10.1. The molecule has 0 saturated heterocycles. The second kappa shape index (κ2) is 6.22. The van der Waals surface area contributed by atoms with Gasteiger partial charge in [-0.1, -0.05) is 29.8 Å². The van der Waals surface area contributed by atoms with E-state index in [2.05, 4.69) is 5.10 Å². The Morgan fingerprint density at radius 1 is 1.14 bits per heavy atom. The number of hydrogen-bond acceptors (Lipinski definition) is 3. The van der Waals surface area contributed by atoms with E-state index < -0.39 is 0 Å². The average molecular weight is 315 g/mol. The summed E-state index contributed by atoms with van der Waals surface area (Å²) in [5, 5.41) is 14.5. The van der Waals surface area contributed by atoms with Gasteiger partial charge in [0, 0.05) is 17.2 Å². The molecule has 0 aliphatic heterocycles.